The molecule has 0 aromatic heterocycles. The van der Waals surface area contributed by atoms with E-state index < -0.39 is 6.09 Å². The highest BCUT2D eigenvalue weighted by Gasteiger charge is 2.27. The fourth-order valence-corrected chi connectivity index (χ4v) is 3.12. The van der Waals surface area contributed by atoms with Crippen molar-refractivity contribution in [1.29, 1.82) is 0 Å². The van der Waals surface area contributed by atoms with Crippen LogP contribution in [0, 0.1) is 5.41 Å². The Morgan fingerprint density at radius 1 is 1.67 bits per heavy atom. The Kier molecular flexibility index (Phi) is 4.73. The first-order chi connectivity index (χ1) is 6.99. The van der Waals surface area contributed by atoms with Gasteiger partial charge in [0.25, 0.3) is 0 Å². The number of hydrogen-bond acceptors (Lipinski definition) is 4. The van der Waals surface area contributed by atoms with E-state index >= 15 is 0 Å². The molecule has 1 aliphatic rings. The summed E-state index contributed by atoms with van der Waals surface area (Å²) in [6.07, 6.45) is 0.478. The van der Waals surface area contributed by atoms with Crippen LogP contribution in [0.2, 0.25) is 0 Å². The minimum Gasteiger partial charge on any atom is -0.448 e. The molecule has 5 heteroatoms. The van der Waals surface area contributed by atoms with Crippen molar-refractivity contribution in [2.24, 2.45) is 11.1 Å². The van der Waals surface area contributed by atoms with Crippen LogP contribution < -0.4 is 11.1 Å². The summed E-state index contributed by atoms with van der Waals surface area (Å²) in [6, 6.07) is 0.523. The summed E-state index contributed by atoms with van der Waals surface area (Å²) >= 11 is 1.98. The molecule has 1 saturated heterocycles. The van der Waals surface area contributed by atoms with Crippen molar-refractivity contribution in [1.82, 2.24) is 5.32 Å². The van der Waals surface area contributed by atoms with Gasteiger partial charge < -0.3 is 15.8 Å². The van der Waals surface area contributed by atoms with Crippen LogP contribution in [0.3, 0.4) is 0 Å². The standard InChI is InChI=1S/C10H20N2O2S/c1-10(2)5-8(6-15-7-10)12-3-4-14-9(11)13/h8,12H,3-7H2,1-2H3,(H2,11,13). The maximum atomic E-state index is 10.3. The third kappa shape index (κ3) is 5.28. The third-order valence-corrected chi connectivity index (χ3v) is 4.01. The Labute approximate surface area is 95.3 Å². The highest BCUT2D eigenvalue weighted by molar-refractivity contribution is 7.99. The molecule has 1 atom stereocenters. The first-order valence-corrected chi connectivity index (χ1v) is 6.38. The normalized spacial score (nSPS) is 24.8. The average Bonchev–Trinajstić information content (AvgIpc) is 2.10. The number of ether oxygens (including phenoxy) is 1. The molecule has 4 nitrogen and oxygen atoms in total. The van der Waals surface area contributed by atoms with Gasteiger partial charge in [-0.1, -0.05) is 13.8 Å². The highest BCUT2D eigenvalue weighted by Crippen LogP contribution is 2.33. The van der Waals surface area contributed by atoms with Crippen molar-refractivity contribution in [3.8, 4) is 0 Å². The lowest BCUT2D eigenvalue weighted by atomic mass is 9.88. The summed E-state index contributed by atoms with van der Waals surface area (Å²) in [4.78, 5) is 10.3. The molecule has 0 aliphatic carbocycles. The van der Waals surface area contributed by atoms with Crippen LogP contribution in [-0.2, 0) is 4.74 Å². The van der Waals surface area contributed by atoms with Gasteiger partial charge in [-0.15, -0.1) is 0 Å². The second-order valence-corrected chi connectivity index (χ2v) is 5.73. The van der Waals surface area contributed by atoms with Gasteiger partial charge in [-0.05, 0) is 17.6 Å². The molecule has 1 heterocycles. The zero-order valence-electron chi connectivity index (χ0n) is 9.41. The van der Waals surface area contributed by atoms with E-state index in [1.165, 1.54) is 12.2 Å². The predicted molar refractivity (Wildman–Crippen MR) is 63.0 cm³/mol. The first kappa shape index (κ1) is 12.6. The van der Waals surface area contributed by atoms with Crippen molar-refractivity contribution in [2.45, 2.75) is 26.3 Å². The second kappa shape index (κ2) is 5.61. The fraction of sp³-hybridized carbons (Fsp3) is 0.900. The number of carbonyl (C=O) groups is 1. The number of thioether (sulfide) groups is 1. The number of rotatable bonds is 4. The molecular formula is C10H20N2O2S. The Bertz CT molecular complexity index is 221. The molecule has 0 bridgehead atoms. The number of hydrogen-bond donors (Lipinski definition) is 2. The molecule has 1 amide bonds. The maximum Gasteiger partial charge on any atom is 0.404 e. The molecule has 1 aliphatic heterocycles. The van der Waals surface area contributed by atoms with Gasteiger partial charge in [0.15, 0.2) is 0 Å². The summed E-state index contributed by atoms with van der Waals surface area (Å²) in [7, 11) is 0. The number of amides is 1. The van der Waals surface area contributed by atoms with Gasteiger partial charge in [-0.25, -0.2) is 4.79 Å². The van der Waals surface area contributed by atoms with Gasteiger partial charge in [0, 0.05) is 18.3 Å². The van der Waals surface area contributed by atoms with Gasteiger partial charge in [0.1, 0.15) is 6.61 Å². The lowest BCUT2D eigenvalue weighted by Crippen LogP contribution is -2.41. The summed E-state index contributed by atoms with van der Waals surface area (Å²) in [6.45, 7) is 5.61. The van der Waals surface area contributed by atoms with Gasteiger partial charge in [-0.3, -0.25) is 0 Å². The van der Waals surface area contributed by atoms with E-state index in [0.29, 0.717) is 24.6 Å². The SMILES string of the molecule is CC1(C)CSCC(NCCOC(N)=O)C1. The summed E-state index contributed by atoms with van der Waals surface area (Å²) < 4.78 is 4.65. The van der Waals surface area contributed by atoms with E-state index in [1.807, 2.05) is 11.8 Å². The van der Waals surface area contributed by atoms with Crippen LogP contribution in [0.4, 0.5) is 4.79 Å². The summed E-state index contributed by atoms with van der Waals surface area (Å²) in [5.74, 6) is 2.36. The average molecular weight is 232 g/mol. The monoisotopic (exact) mass is 232 g/mol. The van der Waals surface area contributed by atoms with Crippen molar-refractivity contribution in [2.75, 3.05) is 24.7 Å². The van der Waals surface area contributed by atoms with Crippen LogP contribution in [-0.4, -0.2) is 36.8 Å². The molecular weight excluding hydrogens is 212 g/mol. The highest BCUT2D eigenvalue weighted by atomic mass is 32.2. The van der Waals surface area contributed by atoms with Crippen molar-refractivity contribution in [3.63, 3.8) is 0 Å². The smallest absolute Gasteiger partial charge is 0.404 e. The Morgan fingerprint density at radius 2 is 2.40 bits per heavy atom. The second-order valence-electron chi connectivity index (χ2n) is 4.70. The topological polar surface area (TPSA) is 64.3 Å². The van der Waals surface area contributed by atoms with Gasteiger partial charge in [-0.2, -0.15) is 11.8 Å². The lowest BCUT2D eigenvalue weighted by molar-refractivity contribution is 0.155. The van der Waals surface area contributed by atoms with Gasteiger partial charge >= 0.3 is 6.09 Å². The minimum atomic E-state index is -0.699. The Balaban J connectivity index is 2.13. The van der Waals surface area contributed by atoms with Crippen molar-refractivity contribution in [3.05, 3.63) is 0 Å². The van der Waals surface area contributed by atoms with E-state index in [1.54, 1.807) is 0 Å². The zero-order chi connectivity index (χ0) is 11.3. The van der Waals surface area contributed by atoms with Gasteiger partial charge in [0.2, 0.25) is 0 Å². The molecule has 88 valence electrons. The van der Waals surface area contributed by atoms with E-state index in [9.17, 15) is 4.79 Å². The number of primary amides is 1. The van der Waals surface area contributed by atoms with Gasteiger partial charge in [0.05, 0.1) is 0 Å². The van der Waals surface area contributed by atoms with Crippen LogP contribution in [0.5, 0.6) is 0 Å². The molecule has 1 fully saturated rings. The molecule has 0 radical (unpaired) electrons. The lowest BCUT2D eigenvalue weighted by Gasteiger charge is -2.35. The minimum absolute atomic E-state index is 0.358. The van der Waals surface area contributed by atoms with Crippen LogP contribution in [0.15, 0.2) is 0 Å². The zero-order valence-corrected chi connectivity index (χ0v) is 10.2. The molecule has 0 aromatic rings. The van der Waals surface area contributed by atoms with Crippen LogP contribution in [0.25, 0.3) is 0 Å². The fourth-order valence-electron chi connectivity index (χ4n) is 1.81. The van der Waals surface area contributed by atoms with Crippen LogP contribution in [0.1, 0.15) is 20.3 Å². The number of nitrogens with two attached hydrogens (primary N) is 1. The summed E-state index contributed by atoms with van der Waals surface area (Å²) in [5.41, 5.74) is 5.27. The Morgan fingerprint density at radius 3 is 3.00 bits per heavy atom. The summed E-state index contributed by atoms with van der Waals surface area (Å²) in [5, 5.41) is 3.38. The predicted octanol–water partition coefficient (Wildman–Crippen LogP) is 1.20. The van der Waals surface area contributed by atoms with E-state index in [0.717, 1.165) is 5.75 Å². The third-order valence-electron chi connectivity index (χ3n) is 2.39. The molecule has 0 aromatic carbocycles. The first-order valence-electron chi connectivity index (χ1n) is 5.23. The molecule has 1 unspecified atom stereocenters. The molecule has 3 N–H and O–H groups in total. The van der Waals surface area contributed by atoms with Crippen molar-refractivity contribution < 1.29 is 9.53 Å². The van der Waals surface area contributed by atoms with E-state index in [2.05, 4.69) is 23.9 Å². The maximum absolute atomic E-state index is 10.3. The Hall–Kier alpha value is -0.420. The molecule has 1 rings (SSSR count). The van der Waals surface area contributed by atoms with Crippen molar-refractivity contribution >= 4 is 17.9 Å². The van der Waals surface area contributed by atoms with E-state index in [-0.39, 0.29) is 0 Å². The largest absolute Gasteiger partial charge is 0.448 e. The quantitative estimate of drug-likeness (QED) is 0.715. The molecule has 0 saturated carbocycles. The number of carbonyl (C=O) groups excluding carboxylic acids is 1. The van der Waals surface area contributed by atoms with E-state index in [4.69, 9.17) is 5.73 Å². The molecule has 15 heavy (non-hydrogen) atoms. The molecule has 0 spiro atoms. The van der Waals surface area contributed by atoms with Crippen LogP contribution >= 0.6 is 11.8 Å². The number of nitrogens with one attached hydrogen (secondary N) is 1.